The van der Waals surface area contributed by atoms with Gasteiger partial charge in [-0.1, -0.05) is 10.3 Å². The molecule has 1 aliphatic rings. The highest BCUT2D eigenvalue weighted by Gasteiger charge is 2.25. The quantitative estimate of drug-likeness (QED) is 0.612. The van der Waals surface area contributed by atoms with Crippen LogP contribution in [0.25, 0.3) is 0 Å². The van der Waals surface area contributed by atoms with Gasteiger partial charge in [-0.3, -0.25) is 4.99 Å². The van der Waals surface area contributed by atoms with Crippen LogP contribution in [0.3, 0.4) is 0 Å². The number of rotatable bonds is 1. The molecule has 0 aliphatic carbocycles. The zero-order valence-electron chi connectivity index (χ0n) is 5.98. The van der Waals surface area contributed by atoms with E-state index >= 15 is 0 Å². The largest absolute Gasteiger partial charge is 0.382 e. The van der Waals surface area contributed by atoms with Gasteiger partial charge >= 0.3 is 0 Å². The molecule has 10 heavy (non-hydrogen) atoms. The normalized spacial score (nSPS) is 40.6. The van der Waals surface area contributed by atoms with E-state index in [0.29, 0.717) is 0 Å². The molecule has 0 fully saturated rings. The summed E-state index contributed by atoms with van der Waals surface area (Å²) in [6.45, 7) is 3.36. The zero-order valence-corrected chi connectivity index (χ0v) is 6.80. The van der Waals surface area contributed by atoms with Gasteiger partial charge in [0, 0.05) is 11.1 Å². The average Bonchev–Trinajstić information content (AvgIpc) is 2.13. The van der Waals surface area contributed by atoms with Crippen LogP contribution in [0.1, 0.15) is 13.8 Å². The van der Waals surface area contributed by atoms with Crippen LogP contribution in [-0.4, -0.2) is 20.6 Å². The maximum atomic E-state index is 9.55. The van der Waals surface area contributed by atoms with Crippen molar-refractivity contribution < 1.29 is 9.66 Å². The van der Waals surface area contributed by atoms with Crippen LogP contribution >= 0.6 is 10.3 Å². The first-order valence-corrected chi connectivity index (χ1v) is 4.78. The molecule has 0 saturated carbocycles. The van der Waals surface area contributed by atoms with Crippen molar-refractivity contribution in [3.8, 4) is 0 Å². The Kier molecular flexibility index (Phi) is 1.85. The Morgan fingerprint density at radius 1 is 1.70 bits per heavy atom. The van der Waals surface area contributed by atoms with Crippen molar-refractivity contribution in [3.63, 3.8) is 0 Å². The predicted octanol–water partition coefficient (Wildman–Crippen LogP) is 1.51. The van der Waals surface area contributed by atoms with E-state index < -0.39 is 15.7 Å². The summed E-state index contributed by atoms with van der Waals surface area (Å²) in [5.41, 5.74) is 1.50. The molecule has 0 amide bonds. The maximum Gasteiger partial charge on any atom is 0.110 e. The van der Waals surface area contributed by atoms with Gasteiger partial charge in [-0.15, -0.1) is 0 Å². The van der Waals surface area contributed by atoms with Crippen LogP contribution in [-0.2, 0) is 0 Å². The first-order chi connectivity index (χ1) is 4.54. The average molecular weight is 161 g/mol. The van der Waals surface area contributed by atoms with Gasteiger partial charge < -0.3 is 9.66 Å². The van der Waals surface area contributed by atoms with Crippen molar-refractivity contribution in [2.24, 2.45) is 4.99 Å². The molecule has 0 spiro atoms. The topological polar surface area (TPSA) is 52.8 Å². The van der Waals surface area contributed by atoms with Gasteiger partial charge in [-0.05, 0) is 13.8 Å². The fourth-order valence-corrected chi connectivity index (χ4v) is 2.06. The van der Waals surface area contributed by atoms with Gasteiger partial charge in [-0.2, -0.15) is 0 Å². The Morgan fingerprint density at radius 3 is 2.50 bits per heavy atom. The summed E-state index contributed by atoms with van der Waals surface area (Å²) in [5, 5.41) is 10.7. The SMILES string of the molecule is CC1=CS(O)(C(C)O)C=N1. The van der Waals surface area contributed by atoms with Crippen molar-refractivity contribution in [2.45, 2.75) is 19.3 Å². The molecule has 0 aromatic carbocycles. The maximum absolute atomic E-state index is 9.55. The molecule has 0 aromatic rings. The van der Waals surface area contributed by atoms with Gasteiger partial charge in [0.1, 0.15) is 5.44 Å². The lowest BCUT2D eigenvalue weighted by Crippen LogP contribution is -2.10. The van der Waals surface area contributed by atoms with Crippen molar-refractivity contribution in [1.82, 2.24) is 0 Å². The van der Waals surface area contributed by atoms with Crippen LogP contribution in [0.5, 0.6) is 0 Å². The summed E-state index contributed by atoms with van der Waals surface area (Å²) < 4.78 is 9.55. The van der Waals surface area contributed by atoms with E-state index in [1.54, 1.807) is 19.3 Å². The summed E-state index contributed by atoms with van der Waals surface area (Å²) in [6.07, 6.45) is 0. The summed E-state index contributed by atoms with van der Waals surface area (Å²) in [5.74, 6) is 0. The molecule has 1 heterocycles. The molecule has 0 aromatic heterocycles. The molecule has 1 rings (SSSR count). The highest BCUT2D eigenvalue weighted by Crippen LogP contribution is 2.50. The van der Waals surface area contributed by atoms with Crippen LogP contribution in [0, 0.1) is 0 Å². The second-order valence-electron chi connectivity index (χ2n) is 2.32. The van der Waals surface area contributed by atoms with Crippen LogP contribution in [0.2, 0.25) is 0 Å². The van der Waals surface area contributed by atoms with Crippen LogP contribution in [0.4, 0.5) is 0 Å². The molecule has 1 aliphatic heterocycles. The predicted molar refractivity (Wildman–Crippen MR) is 44.1 cm³/mol. The molecular formula is C6H11NO2S. The smallest absolute Gasteiger partial charge is 0.110 e. The van der Waals surface area contributed by atoms with E-state index in [9.17, 15) is 4.55 Å². The number of hydrogen-bond donors (Lipinski definition) is 2. The lowest BCUT2D eigenvalue weighted by molar-refractivity contribution is 0.272. The summed E-state index contributed by atoms with van der Waals surface area (Å²) in [7, 11) is -2.07. The number of allylic oxidation sites excluding steroid dienone is 1. The van der Waals surface area contributed by atoms with E-state index in [1.807, 2.05) is 0 Å². The third-order valence-corrected chi connectivity index (χ3v) is 3.59. The molecule has 0 saturated heterocycles. The van der Waals surface area contributed by atoms with Crippen molar-refractivity contribution in [3.05, 3.63) is 11.1 Å². The van der Waals surface area contributed by atoms with Crippen LogP contribution < -0.4 is 0 Å². The van der Waals surface area contributed by atoms with Crippen LogP contribution in [0.15, 0.2) is 16.1 Å². The highest BCUT2D eigenvalue weighted by molar-refractivity contribution is 8.42. The van der Waals surface area contributed by atoms with Crippen molar-refractivity contribution in [1.29, 1.82) is 0 Å². The number of aliphatic imine (C=N–C) groups is 1. The number of hydrogen-bond acceptors (Lipinski definition) is 3. The lowest BCUT2D eigenvalue weighted by Gasteiger charge is -2.25. The minimum Gasteiger partial charge on any atom is -0.382 e. The standard InChI is InChI=1S/C6H11NO2S/c1-5-3-10(9,4-7-5)6(2)8/h3-4,6,8-9H,1-2H3. The third kappa shape index (κ3) is 1.23. The van der Waals surface area contributed by atoms with E-state index in [2.05, 4.69) is 4.99 Å². The second kappa shape index (κ2) is 2.38. The molecule has 0 bridgehead atoms. The van der Waals surface area contributed by atoms with Crippen molar-refractivity contribution in [2.75, 3.05) is 0 Å². The monoisotopic (exact) mass is 161 g/mol. The zero-order chi connectivity index (χ0) is 7.78. The first-order valence-electron chi connectivity index (χ1n) is 3.00. The van der Waals surface area contributed by atoms with Gasteiger partial charge in [0.25, 0.3) is 0 Å². The molecule has 58 valence electrons. The van der Waals surface area contributed by atoms with E-state index in [-0.39, 0.29) is 0 Å². The molecule has 2 atom stereocenters. The molecule has 3 nitrogen and oxygen atoms in total. The molecular weight excluding hydrogens is 150 g/mol. The Labute approximate surface area is 61.6 Å². The Morgan fingerprint density at radius 2 is 2.30 bits per heavy atom. The Balaban J connectivity index is 2.84. The van der Waals surface area contributed by atoms with Crippen molar-refractivity contribution >= 4 is 15.9 Å². The van der Waals surface area contributed by atoms with E-state index in [4.69, 9.17) is 5.11 Å². The fourth-order valence-electron chi connectivity index (χ4n) is 0.688. The summed E-state index contributed by atoms with van der Waals surface area (Å²) >= 11 is 0. The summed E-state index contributed by atoms with van der Waals surface area (Å²) in [4.78, 5) is 3.87. The van der Waals surface area contributed by atoms with E-state index in [0.717, 1.165) is 5.70 Å². The number of nitrogens with zero attached hydrogens (tertiary/aromatic N) is 1. The number of aliphatic hydroxyl groups excluding tert-OH is 1. The molecule has 2 unspecified atom stereocenters. The molecule has 4 heteroatoms. The minimum atomic E-state index is -2.07. The van der Waals surface area contributed by atoms with Gasteiger partial charge in [-0.25, -0.2) is 0 Å². The molecule has 0 radical (unpaired) electrons. The minimum absolute atomic E-state index is 0.714. The van der Waals surface area contributed by atoms with E-state index in [1.165, 1.54) is 5.55 Å². The van der Waals surface area contributed by atoms with Gasteiger partial charge in [0.15, 0.2) is 0 Å². The fraction of sp³-hybridized carbons (Fsp3) is 0.500. The highest BCUT2D eigenvalue weighted by atomic mass is 32.3. The van der Waals surface area contributed by atoms with Gasteiger partial charge in [0.2, 0.25) is 0 Å². The molecule has 2 N–H and O–H groups in total. The second-order valence-corrected chi connectivity index (χ2v) is 4.90. The first kappa shape index (κ1) is 7.78. The third-order valence-electron chi connectivity index (χ3n) is 1.33. The Hall–Kier alpha value is -0.320. The van der Waals surface area contributed by atoms with Gasteiger partial charge in [0.05, 0.1) is 5.55 Å². The lowest BCUT2D eigenvalue weighted by atomic mass is 10.6. The number of aliphatic hydroxyl groups is 1. The Bertz CT molecular complexity index is 200. The summed E-state index contributed by atoms with van der Waals surface area (Å²) in [6, 6.07) is 0.